The van der Waals surface area contributed by atoms with Crippen LogP contribution >= 0.6 is 0 Å². The Kier molecular flexibility index (Phi) is 10.4. The van der Waals surface area contributed by atoms with Crippen molar-refractivity contribution in [3.8, 4) is 0 Å². The molecule has 1 aliphatic rings. The highest BCUT2D eigenvalue weighted by Gasteiger charge is 2.38. The molecule has 2 atom stereocenters. The Bertz CT molecular complexity index is 365. The van der Waals surface area contributed by atoms with E-state index in [9.17, 15) is 8.42 Å². The highest BCUT2D eigenvalue weighted by atomic mass is 32.2. The normalized spacial score (nSPS) is 23.9. The van der Waals surface area contributed by atoms with Crippen LogP contribution in [0, 0.1) is 0 Å². The summed E-state index contributed by atoms with van der Waals surface area (Å²) in [6.45, 7) is 4.42. The second-order valence-electron chi connectivity index (χ2n) is 6.83. The van der Waals surface area contributed by atoms with E-state index in [1.807, 2.05) is 0 Å². The molecule has 1 aliphatic heterocycles. The highest BCUT2D eigenvalue weighted by molar-refractivity contribution is 7.87. The Hall–Kier alpha value is -0.0900. The lowest BCUT2D eigenvalue weighted by atomic mass is 10.0. The van der Waals surface area contributed by atoms with Crippen molar-refractivity contribution in [2.45, 2.75) is 115 Å². The van der Waals surface area contributed by atoms with Gasteiger partial charge in [-0.1, -0.05) is 84.5 Å². The molecule has 0 aromatic heterocycles. The van der Waals surface area contributed by atoms with Gasteiger partial charge in [0.1, 0.15) is 0 Å². The average Bonchev–Trinajstić information content (AvgIpc) is 2.77. The quantitative estimate of drug-likeness (QED) is 0.326. The van der Waals surface area contributed by atoms with Crippen LogP contribution in [0.4, 0.5) is 0 Å². The minimum Gasteiger partial charge on any atom is -0.267 e. The molecule has 0 bridgehead atoms. The zero-order chi connectivity index (χ0) is 16.3. The molecular formula is C18H36O3S. The lowest BCUT2D eigenvalue weighted by molar-refractivity contribution is 0.218. The average molecular weight is 333 g/mol. The molecule has 0 aromatic carbocycles. The van der Waals surface area contributed by atoms with Crippen LogP contribution in [0.2, 0.25) is 0 Å². The number of rotatable bonds is 13. The topological polar surface area (TPSA) is 43.4 Å². The molecule has 22 heavy (non-hydrogen) atoms. The van der Waals surface area contributed by atoms with Gasteiger partial charge in [0.2, 0.25) is 0 Å². The number of hydrogen-bond acceptors (Lipinski definition) is 3. The third-order valence-corrected chi connectivity index (χ3v) is 6.50. The molecule has 132 valence electrons. The molecule has 1 saturated heterocycles. The first-order valence-electron chi connectivity index (χ1n) is 9.52. The zero-order valence-corrected chi connectivity index (χ0v) is 15.5. The Morgan fingerprint density at radius 2 is 1.27 bits per heavy atom. The summed E-state index contributed by atoms with van der Waals surface area (Å²) >= 11 is 0. The van der Waals surface area contributed by atoms with Crippen LogP contribution in [0.1, 0.15) is 104 Å². The van der Waals surface area contributed by atoms with Crippen molar-refractivity contribution in [3.05, 3.63) is 0 Å². The van der Waals surface area contributed by atoms with Crippen molar-refractivity contribution in [3.63, 3.8) is 0 Å². The van der Waals surface area contributed by atoms with E-state index in [0.717, 1.165) is 38.5 Å². The SMILES string of the molecule is CCCCCCCCC1CC(CCCCCCC)S(=O)(=O)O1. The van der Waals surface area contributed by atoms with Crippen LogP contribution in [-0.4, -0.2) is 19.8 Å². The summed E-state index contributed by atoms with van der Waals surface area (Å²) < 4.78 is 29.4. The molecule has 0 N–H and O–H groups in total. The lowest BCUT2D eigenvalue weighted by Gasteiger charge is -2.07. The molecule has 1 fully saturated rings. The third-order valence-electron chi connectivity index (χ3n) is 4.71. The summed E-state index contributed by atoms with van der Waals surface area (Å²) in [6, 6.07) is 0. The molecular weight excluding hydrogens is 296 g/mol. The fourth-order valence-electron chi connectivity index (χ4n) is 3.27. The number of hydrogen-bond donors (Lipinski definition) is 0. The smallest absolute Gasteiger partial charge is 0.267 e. The van der Waals surface area contributed by atoms with Crippen molar-refractivity contribution in [2.75, 3.05) is 0 Å². The molecule has 4 heteroatoms. The maximum atomic E-state index is 12.0. The van der Waals surface area contributed by atoms with E-state index in [2.05, 4.69) is 13.8 Å². The first kappa shape index (κ1) is 20.0. The predicted octanol–water partition coefficient (Wildman–Crippen LogP) is 5.58. The molecule has 0 saturated carbocycles. The van der Waals surface area contributed by atoms with Crippen molar-refractivity contribution in [2.24, 2.45) is 0 Å². The molecule has 1 heterocycles. The van der Waals surface area contributed by atoms with Gasteiger partial charge >= 0.3 is 0 Å². The van der Waals surface area contributed by atoms with E-state index in [0.29, 0.717) is 0 Å². The molecule has 0 aromatic rings. The highest BCUT2D eigenvalue weighted by Crippen LogP contribution is 2.31. The van der Waals surface area contributed by atoms with Crippen LogP contribution in [0.25, 0.3) is 0 Å². The first-order chi connectivity index (χ1) is 10.6. The summed E-state index contributed by atoms with van der Waals surface area (Å²) in [4.78, 5) is 0. The van der Waals surface area contributed by atoms with Crippen molar-refractivity contribution < 1.29 is 12.6 Å². The van der Waals surface area contributed by atoms with Gasteiger partial charge in [-0.15, -0.1) is 0 Å². The summed E-state index contributed by atoms with van der Waals surface area (Å²) in [5.41, 5.74) is 0. The third kappa shape index (κ3) is 7.96. The van der Waals surface area contributed by atoms with Crippen LogP contribution in [0.5, 0.6) is 0 Å². The van der Waals surface area contributed by atoms with Gasteiger partial charge in [-0.3, -0.25) is 4.18 Å². The molecule has 0 spiro atoms. The molecule has 0 aliphatic carbocycles. The molecule has 2 unspecified atom stereocenters. The summed E-state index contributed by atoms with van der Waals surface area (Å²) in [7, 11) is -3.28. The van der Waals surface area contributed by atoms with E-state index >= 15 is 0 Å². The predicted molar refractivity (Wildman–Crippen MR) is 93.6 cm³/mol. The van der Waals surface area contributed by atoms with Gasteiger partial charge in [0, 0.05) is 0 Å². The fourth-order valence-corrected chi connectivity index (χ4v) is 4.89. The van der Waals surface area contributed by atoms with Gasteiger partial charge in [-0.2, -0.15) is 8.42 Å². The zero-order valence-electron chi connectivity index (χ0n) is 14.7. The Morgan fingerprint density at radius 3 is 1.86 bits per heavy atom. The van der Waals surface area contributed by atoms with Crippen molar-refractivity contribution in [1.82, 2.24) is 0 Å². The summed E-state index contributed by atoms with van der Waals surface area (Å²) in [6.07, 6.45) is 15.8. The van der Waals surface area contributed by atoms with Crippen LogP contribution in [0.3, 0.4) is 0 Å². The van der Waals surface area contributed by atoms with Gasteiger partial charge in [-0.25, -0.2) is 0 Å². The summed E-state index contributed by atoms with van der Waals surface area (Å²) in [5.74, 6) is 0. The van der Waals surface area contributed by atoms with Crippen LogP contribution in [-0.2, 0) is 14.3 Å². The van der Waals surface area contributed by atoms with Gasteiger partial charge in [0.05, 0.1) is 11.4 Å². The minimum atomic E-state index is -3.28. The minimum absolute atomic E-state index is 0.0446. The van der Waals surface area contributed by atoms with Crippen LogP contribution < -0.4 is 0 Å². The second kappa shape index (κ2) is 11.4. The number of unbranched alkanes of at least 4 members (excludes halogenated alkanes) is 9. The van der Waals surface area contributed by atoms with E-state index in [-0.39, 0.29) is 11.4 Å². The molecule has 0 amide bonds. The summed E-state index contributed by atoms with van der Waals surface area (Å²) in [5, 5.41) is -0.237. The maximum Gasteiger partial charge on any atom is 0.270 e. The van der Waals surface area contributed by atoms with Gasteiger partial charge in [0.25, 0.3) is 10.1 Å². The van der Waals surface area contributed by atoms with Gasteiger partial charge < -0.3 is 0 Å². The standard InChI is InChI=1S/C18H36O3S/c1-3-5-7-9-11-12-14-17-16-18(22(19,20)21-17)15-13-10-8-6-4-2/h17-18H,3-16H2,1-2H3. The fraction of sp³-hybridized carbons (Fsp3) is 1.00. The molecule has 1 rings (SSSR count). The van der Waals surface area contributed by atoms with Crippen molar-refractivity contribution >= 4 is 10.1 Å². The van der Waals surface area contributed by atoms with Gasteiger partial charge in [0.15, 0.2) is 0 Å². The van der Waals surface area contributed by atoms with Crippen molar-refractivity contribution in [1.29, 1.82) is 0 Å². The van der Waals surface area contributed by atoms with E-state index < -0.39 is 10.1 Å². The monoisotopic (exact) mass is 332 g/mol. The maximum absolute atomic E-state index is 12.0. The Labute approximate surface area is 138 Å². The second-order valence-corrected chi connectivity index (χ2v) is 8.67. The van der Waals surface area contributed by atoms with E-state index in [4.69, 9.17) is 4.18 Å². The lowest BCUT2D eigenvalue weighted by Crippen LogP contribution is -2.14. The Balaban J connectivity index is 2.16. The largest absolute Gasteiger partial charge is 0.270 e. The van der Waals surface area contributed by atoms with Crippen LogP contribution in [0.15, 0.2) is 0 Å². The van der Waals surface area contributed by atoms with E-state index in [1.54, 1.807) is 0 Å². The molecule has 0 radical (unpaired) electrons. The van der Waals surface area contributed by atoms with E-state index in [1.165, 1.54) is 51.4 Å². The van der Waals surface area contributed by atoms with Gasteiger partial charge in [-0.05, 0) is 19.3 Å². The molecule has 3 nitrogen and oxygen atoms in total. The Morgan fingerprint density at radius 1 is 0.773 bits per heavy atom. The first-order valence-corrected chi connectivity index (χ1v) is 11.0.